The fraction of sp³-hybridized carbons (Fsp3) is 0.463. The van der Waals surface area contributed by atoms with Gasteiger partial charge in [0.05, 0.1) is 19.8 Å². The predicted molar refractivity (Wildman–Crippen MR) is 192 cm³/mol. The van der Waals surface area contributed by atoms with Crippen LogP contribution in [0, 0.1) is 0 Å². The van der Waals surface area contributed by atoms with Crippen molar-refractivity contribution in [2.24, 2.45) is 0 Å². The summed E-state index contributed by atoms with van der Waals surface area (Å²) < 4.78 is 67.8. The first-order chi connectivity index (χ1) is 27.0. The maximum Gasteiger partial charge on any atom is 0.303 e. The minimum Gasteiger partial charge on any atom is -0.463 e. The van der Waals surface area contributed by atoms with Crippen molar-refractivity contribution in [2.75, 3.05) is 13.2 Å². The summed E-state index contributed by atoms with van der Waals surface area (Å²) in [7, 11) is 0. The molecule has 56 heavy (non-hydrogen) atoms. The largest absolute Gasteiger partial charge is 0.463 e. The van der Waals surface area contributed by atoms with Gasteiger partial charge in [-0.1, -0.05) is 91.0 Å². The van der Waals surface area contributed by atoms with Crippen LogP contribution >= 0.6 is 0 Å². The summed E-state index contributed by atoms with van der Waals surface area (Å²) in [4.78, 5) is 49.6. The second-order valence-corrected chi connectivity index (χ2v) is 13.4. The van der Waals surface area contributed by atoms with Crippen LogP contribution in [0.3, 0.4) is 0 Å². The SMILES string of the molecule is CC(=O)OC[C@@H]1O[C@H](O[C@@H]2[C@@H](OCc3ccccc3)[C@H](OCc3ccccc3)O[C@@H]3COC(c4ccccc4)O[C@@H]23)[C@@H](OC(C)=O)[C@H](OC(C)=O)[C@H]1OC(C)=O. The fourth-order valence-electron chi connectivity index (χ4n) is 6.76. The zero-order valence-electron chi connectivity index (χ0n) is 31.5. The molecule has 0 saturated carbocycles. The first kappa shape index (κ1) is 40.9. The molecule has 3 aliphatic heterocycles. The number of esters is 4. The molecule has 0 N–H and O–H groups in total. The van der Waals surface area contributed by atoms with Crippen LogP contribution in [-0.4, -0.2) is 98.5 Å². The molecule has 3 fully saturated rings. The van der Waals surface area contributed by atoms with Crippen molar-refractivity contribution >= 4 is 23.9 Å². The molecule has 3 aromatic carbocycles. The predicted octanol–water partition coefficient (Wildman–Crippen LogP) is 4.10. The van der Waals surface area contributed by atoms with Gasteiger partial charge < -0.3 is 52.1 Å². The molecule has 0 radical (unpaired) electrons. The van der Waals surface area contributed by atoms with Gasteiger partial charge >= 0.3 is 23.9 Å². The van der Waals surface area contributed by atoms with E-state index in [-0.39, 0.29) is 19.8 Å². The molecule has 6 rings (SSSR count). The smallest absolute Gasteiger partial charge is 0.303 e. The Morgan fingerprint density at radius 2 is 1.12 bits per heavy atom. The molecule has 3 saturated heterocycles. The molecule has 11 atom stereocenters. The normalized spacial score (nSPS) is 30.0. The number of ether oxygens (including phenoxy) is 11. The molecule has 3 aliphatic rings. The van der Waals surface area contributed by atoms with Crippen molar-refractivity contribution < 1.29 is 71.3 Å². The van der Waals surface area contributed by atoms with Gasteiger partial charge in [0.25, 0.3) is 0 Å². The van der Waals surface area contributed by atoms with E-state index >= 15 is 0 Å². The molecule has 0 spiro atoms. The third-order valence-electron chi connectivity index (χ3n) is 9.14. The van der Waals surface area contributed by atoms with Crippen molar-refractivity contribution in [1.29, 1.82) is 0 Å². The zero-order chi connectivity index (χ0) is 39.6. The number of carbonyl (C=O) groups excluding carboxylic acids is 4. The summed E-state index contributed by atoms with van der Waals surface area (Å²) in [5, 5.41) is 0. The first-order valence-corrected chi connectivity index (χ1v) is 18.3. The van der Waals surface area contributed by atoms with E-state index in [4.69, 9.17) is 52.1 Å². The first-order valence-electron chi connectivity index (χ1n) is 18.3. The summed E-state index contributed by atoms with van der Waals surface area (Å²) in [6.07, 6.45) is -12.8. The lowest BCUT2D eigenvalue weighted by Crippen LogP contribution is -2.67. The molecule has 3 aromatic rings. The number of carbonyl (C=O) groups is 4. The molecular formula is C41H46O15. The molecule has 3 heterocycles. The Morgan fingerprint density at radius 3 is 1.71 bits per heavy atom. The maximum absolute atomic E-state index is 12.7. The molecule has 15 heteroatoms. The van der Waals surface area contributed by atoms with Gasteiger partial charge in [-0.15, -0.1) is 0 Å². The molecule has 0 bridgehead atoms. The van der Waals surface area contributed by atoms with Crippen LogP contribution in [-0.2, 0) is 84.5 Å². The topological polar surface area (TPSA) is 170 Å². The van der Waals surface area contributed by atoms with E-state index in [2.05, 4.69) is 0 Å². The van der Waals surface area contributed by atoms with Gasteiger partial charge in [0.2, 0.25) is 0 Å². The minimum absolute atomic E-state index is 0.0687. The molecule has 1 unspecified atom stereocenters. The van der Waals surface area contributed by atoms with E-state index < -0.39 is 98.2 Å². The van der Waals surface area contributed by atoms with E-state index in [1.54, 1.807) is 0 Å². The van der Waals surface area contributed by atoms with Gasteiger partial charge in [0.15, 0.2) is 37.2 Å². The molecule has 0 amide bonds. The molecule has 300 valence electrons. The van der Waals surface area contributed by atoms with Gasteiger partial charge in [0, 0.05) is 33.3 Å². The van der Waals surface area contributed by atoms with Gasteiger partial charge in [-0.3, -0.25) is 19.2 Å². The highest BCUT2D eigenvalue weighted by Crippen LogP contribution is 2.40. The van der Waals surface area contributed by atoms with Crippen molar-refractivity contribution in [3.05, 3.63) is 108 Å². The Morgan fingerprint density at radius 1 is 0.571 bits per heavy atom. The highest BCUT2D eigenvalue weighted by molar-refractivity contribution is 5.68. The van der Waals surface area contributed by atoms with Crippen LogP contribution in [0.4, 0.5) is 0 Å². The average molecular weight is 779 g/mol. The lowest BCUT2D eigenvalue weighted by atomic mass is 9.95. The second-order valence-electron chi connectivity index (χ2n) is 13.4. The Labute approximate surface area is 324 Å². The summed E-state index contributed by atoms with van der Waals surface area (Å²) in [6, 6.07) is 28.3. The van der Waals surface area contributed by atoms with E-state index in [0.717, 1.165) is 37.5 Å². The quantitative estimate of drug-likeness (QED) is 0.169. The van der Waals surface area contributed by atoms with Crippen molar-refractivity contribution in [2.45, 2.75) is 109 Å². The number of hydrogen-bond acceptors (Lipinski definition) is 15. The van der Waals surface area contributed by atoms with Crippen LogP contribution in [0.2, 0.25) is 0 Å². The number of rotatable bonds is 14. The van der Waals surface area contributed by atoms with E-state index in [9.17, 15) is 19.2 Å². The summed E-state index contributed by atoms with van der Waals surface area (Å²) >= 11 is 0. The molecule has 0 aliphatic carbocycles. The van der Waals surface area contributed by atoms with Crippen molar-refractivity contribution in [3.63, 3.8) is 0 Å². The van der Waals surface area contributed by atoms with Crippen LogP contribution in [0.15, 0.2) is 91.0 Å². The Bertz CT molecular complexity index is 1740. The Kier molecular flexibility index (Phi) is 14.2. The highest BCUT2D eigenvalue weighted by atomic mass is 16.8. The number of hydrogen-bond donors (Lipinski definition) is 0. The molecule has 0 aromatic heterocycles. The average Bonchev–Trinajstić information content (AvgIpc) is 3.18. The number of fused-ring (bicyclic) bond motifs is 1. The maximum atomic E-state index is 12.7. The van der Waals surface area contributed by atoms with Crippen LogP contribution in [0.1, 0.15) is 50.7 Å². The van der Waals surface area contributed by atoms with Gasteiger partial charge in [-0.25, -0.2) is 0 Å². The van der Waals surface area contributed by atoms with Crippen LogP contribution < -0.4 is 0 Å². The van der Waals surface area contributed by atoms with Gasteiger partial charge in [-0.05, 0) is 11.1 Å². The van der Waals surface area contributed by atoms with E-state index in [1.807, 2.05) is 91.0 Å². The monoisotopic (exact) mass is 778 g/mol. The minimum atomic E-state index is -1.54. The van der Waals surface area contributed by atoms with Crippen LogP contribution in [0.25, 0.3) is 0 Å². The lowest BCUT2D eigenvalue weighted by molar-refractivity contribution is -0.398. The lowest BCUT2D eigenvalue weighted by Gasteiger charge is -2.51. The zero-order valence-corrected chi connectivity index (χ0v) is 31.5. The summed E-state index contributed by atoms with van der Waals surface area (Å²) in [6.45, 7) is 4.53. The summed E-state index contributed by atoms with van der Waals surface area (Å²) in [5.74, 6) is -2.96. The Hall–Kier alpha value is -4.74. The van der Waals surface area contributed by atoms with E-state index in [1.165, 1.54) is 6.92 Å². The Balaban J connectivity index is 1.41. The second kappa shape index (κ2) is 19.4. The van der Waals surface area contributed by atoms with Crippen molar-refractivity contribution in [1.82, 2.24) is 0 Å². The summed E-state index contributed by atoms with van der Waals surface area (Å²) in [5.41, 5.74) is 2.45. The highest BCUT2D eigenvalue weighted by Gasteiger charge is 2.57. The molecular weight excluding hydrogens is 732 g/mol. The van der Waals surface area contributed by atoms with E-state index in [0.29, 0.717) is 0 Å². The molecule has 15 nitrogen and oxygen atoms in total. The van der Waals surface area contributed by atoms with Gasteiger partial charge in [0.1, 0.15) is 37.1 Å². The van der Waals surface area contributed by atoms with Crippen LogP contribution in [0.5, 0.6) is 0 Å². The fourth-order valence-corrected chi connectivity index (χ4v) is 6.76. The third-order valence-corrected chi connectivity index (χ3v) is 9.14. The number of benzene rings is 3. The standard InChI is InChI=1S/C41H46O15/c1-24(42)46-22-31-33(50-25(2)43)36(51-26(3)44)38(52-27(4)45)41(54-31)56-35-34-32(23-49-39(55-34)30-18-12-7-13-19-30)53-40(48-21-29-16-10-6-11-17-29)37(35)47-20-28-14-8-5-9-15-28/h5-19,31-41H,20-23H2,1-4H3/t31-,32+,33-,34+,35-,36+,37+,38-,39?,40+,41+/m0/s1. The third kappa shape index (κ3) is 10.8. The van der Waals surface area contributed by atoms with Crippen molar-refractivity contribution in [3.8, 4) is 0 Å². The van der Waals surface area contributed by atoms with Gasteiger partial charge in [-0.2, -0.15) is 0 Å².